The zero-order valence-electron chi connectivity index (χ0n) is 7.91. The molecule has 1 aliphatic rings. The van der Waals surface area contributed by atoms with Crippen molar-refractivity contribution in [3.63, 3.8) is 0 Å². The van der Waals surface area contributed by atoms with Gasteiger partial charge in [-0.2, -0.15) is 0 Å². The molecule has 1 aliphatic carbocycles. The Hall–Kier alpha value is -0.310. The van der Waals surface area contributed by atoms with Crippen LogP contribution in [0.2, 0.25) is 0 Å². The van der Waals surface area contributed by atoms with Gasteiger partial charge in [0.05, 0.1) is 12.0 Å². The van der Waals surface area contributed by atoms with E-state index in [-0.39, 0.29) is 0 Å². The second kappa shape index (κ2) is 3.82. The molecule has 2 nitrogen and oxygen atoms in total. The van der Waals surface area contributed by atoms with Crippen LogP contribution in [-0.4, -0.2) is 14.4 Å². The van der Waals surface area contributed by atoms with Crippen LogP contribution in [0.4, 0.5) is 0 Å². The van der Waals surface area contributed by atoms with Crippen molar-refractivity contribution in [1.29, 1.82) is 0 Å². The second-order valence-electron chi connectivity index (χ2n) is 3.87. The van der Waals surface area contributed by atoms with Crippen molar-refractivity contribution >= 4 is 15.9 Å². The fourth-order valence-electron chi connectivity index (χ4n) is 2.04. The molecule has 0 amide bonds. The minimum absolute atomic E-state index is 0.634. The Morgan fingerprint density at radius 3 is 2.85 bits per heavy atom. The van der Waals surface area contributed by atoms with Crippen LogP contribution < -0.4 is 0 Å². The number of nitrogens with zero attached hydrogens (tertiary/aromatic N) is 2. The lowest BCUT2D eigenvalue weighted by atomic mass is 9.87. The fourth-order valence-corrected chi connectivity index (χ4v) is 2.90. The number of alkyl halides is 1. The van der Waals surface area contributed by atoms with Gasteiger partial charge in [0.2, 0.25) is 0 Å². The van der Waals surface area contributed by atoms with Crippen molar-refractivity contribution < 1.29 is 0 Å². The Morgan fingerprint density at radius 1 is 1.46 bits per heavy atom. The average molecular weight is 243 g/mol. The molecule has 2 atom stereocenters. The summed E-state index contributed by atoms with van der Waals surface area (Å²) in [5.41, 5.74) is 1.25. The van der Waals surface area contributed by atoms with Gasteiger partial charge in [0.25, 0.3) is 0 Å². The number of imidazole rings is 1. The SMILES string of the molecule is Cn1cnc(C2CCCCC2Br)c1. The number of aromatic nitrogens is 2. The molecule has 0 spiro atoms. The van der Waals surface area contributed by atoms with Crippen LogP contribution in [0.5, 0.6) is 0 Å². The van der Waals surface area contributed by atoms with Gasteiger partial charge in [-0.15, -0.1) is 0 Å². The van der Waals surface area contributed by atoms with E-state index in [9.17, 15) is 0 Å². The lowest BCUT2D eigenvalue weighted by Gasteiger charge is -2.25. The zero-order chi connectivity index (χ0) is 9.26. The molecule has 0 radical (unpaired) electrons. The highest BCUT2D eigenvalue weighted by Gasteiger charge is 2.25. The largest absolute Gasteiger partial charge is 0.340 e. The summed E-state index contributed by atoms with van der Waals surface area (Å²) in [7, 11) is 2.03. The Labute approximate surface area is 87.5 Å². The van der Waals surface area contributed by atoms with Crippen LogP contribution in [0.25, 0.3) is 0 Å². The Kier molecular flexibility index (Phi) is 2.72. The Morgan fingerprint density at radius 2 is 2.23 bits per heavy atom. The monoisotopic (exact) mass is 242 g/mol. The molecule has 13 heavy (non-hydrogen) atoms. The maximum atomic E-state index is 4.42. The molecule has 3 heteroatoms. The summed E-state index contributed by atoms with van der Waals surface area (Å²) < 4.78 is 2.03. The normalized spacial score (nSPS) is 29.1. The second-order valence-corrected chi connectivity index (χ2v) is 5.05. The standard InChI is InChI=1S/C10H15BrN2/c1-13-6-10(12-7-13)8-4-2-3-5-9(8)11/h6-9H,2-5H2,1H3. The van der Waals surface area contributed by atoms with Crippen LogP contribution in [-0.2, 0) is 7.05 Å². The van der Waals surface area contributed by atoms with Crippen LogP contribution in [0, 0.1) is 0 Å². The van der Waals surface area contributed by atoms with Gasteiger partial charge in [0.15, 0.2) is 0 Å². The van der Waals surface area contributed by atoms with Gasteiger partial charge in [-0.1, -0.05) is 28.8 Å². The van der Waals surface area contributed by atoms with Gasteiger partial charge in [0.1, 0.15) is 0 Å². The molecular weight excluding hydrogens is 228 g/mol. The van der Waals surface area contributed by atoms with Gasteiger partial charge in [-0.3, -0.25) is 0 Å². The van der Waals surface area contributed by atoms with Crippen molar-refractivity contribution in [2.45, 2.75) is 36.4 Å². The van der Waals surface area contributed by atoms with Gasteiger partial charge in [-0.05, 0) is 12.8 Å². The molecule has 0 N–H and O–H groups in total. The topological polar surface area (TPSA) is 17.8 Å². The van der Waals surface area contributed by atoms with Crippen LogP contribution in [0.1, 0.15) is 37.3 Å². The first-order chi connectivity index (χ1) is 6.27. The Bertz CT molecular complexity index is 282. The number of hydrogen-bond acceptors (Lipinski definition) is 1. The third kappa shape index (κ3) is 1.96. The molecule has 2 rings (SSSR count). The molecule has 1 aromatic heterocycles. The molecule has 72 valence electrons. The quantitative estimate of drug-likeness (QED) is 0.693. The third-order valence-electron chi connectivity index (χ3n) is 2.79. The maximum absolute atomic E-state index is 4.42. The summed E-state index contributed by atoms with van der Waals surface area (Å²) in [6.07, 6.45) is 9.32. The van der Waals surface area contributed by atoms with E-state index in [4.69, 9.17) is 0 Å². The number of rotatable bonds is 1. The van der Waals surface area contributed by atoms with Gasteiger partial charge in [-0.25, -0.2) is 4.98 Å². The molecular formula is C10H15BrN2. The molecule has 0 saturated heterocycles. The predicted octanol–water partition coefficient (Wildman–Crippen LogP) is 2.84. The van der Waals surface area contributed by atoms with E-state index in [0.29, 0.717) is 10.7 Å². The number of halogens is 1. The molecule has 1 aromatic rings. The summed E-state index contributed by atoms with van der Waals surface area (Å²) in [5.74, 6) is 0.634. The van der Waals surface area contributed by atoms with E-state index < -0.39 is 0 Å². The predicted molar refractivity (Wildman–Crippen MR) is 57.1 cm³/mol. The summed E-state index contributed by atoms with van der Waals surface area (Å²) in [6, 6.07) is 0. The summed E-state index contributed by atoms with van der Waals surface area (Å²) >= 11 is 3.75. The fraction of sp³-hybridized carbons (Fsp3) is 0.700. The van der Waals surface area contributed by atoms with E-state index >= 15 is 0 Å². The molecule has 1 saturated carbocycles. The van der Waals surface area contributed by atoms with Gasteiger partial charge >= 0.3 is 0 Å². The molecule has 1 heterocycles. The minimum atomic E-state index is 0.634. The van der Waals surface area contributed by atoms with Crippen molar-refractivity contribution in [3.8, 4) is 0 Å². The summed E-state index contributed by atoms with van der Waals surface area (Å²) in [6.45, 7) is 0. The number of aryl methyl sites for hydroxylation is 1. The van der Waals surface area contributed by atoms with Crippen molar-refractivity contribution in [2.24, 2.45) is 7.05 Å². The average Bonchev–Trinajstić information content (AvgIpc) is 2.53. The smallest absolute Gasteiger partial charge is 0.0946 e. The zero-order valence-corrected chi connectivity index (χ0v) is 9.50. The van der Waals surface area contributed by atoms with Crippen LogP contribution in [0.3, 0.4) is 0 Å². The maximum Gasteiger partial charge on any atom is 0.0946 e. The van der Waals surface area contributed by atoms with Crippen molar-refractivity contribution in [3.05, 3.63) is 18.2 Å². The van der Waals surface area contributed by atoms with Crippen molar-refractivity contribution in [1.82, 2.24) is 9.55 Å². The third-order valence-corrected chi connectivity index (χ3v) is 3.88. The van der Waals surface area contributed by atoms with E-state index in [1.807, 2.05) is 17.9 Å². The van der Waals surface area contributed by atoms with Gasteiger partial charge in [0, 0.05) is 24.0 Å². The van der Waals surface area contributed by atoms with E-state index in [2.05, 4.69) is 27.1 Å². The molecule has 0 aliphatic heterocycles. The lowest BCUT2D eigenvalue weighted by molar-refractivity contribution is 0.454. The minimum Gasteiger partial charge on any atom is -0.340 e. The molecule has 1 fully saturated rings. The molecule has 0 bridgehead atoms. The highest BCUT2D eigenvalue weighted by molar-refractivity contribution is 9.09. The molecule has 2 unspecified atom stereocenters. The summed E-state index contributed by atoms with van der Waals surface area (Å²) in [4.78, 5) is 5.06. The Balaban J connectivity index is 2.14. The first-order valence-corrected chi connectivity index (χ1v) is 5.81. The first-order valence-electron chi connectivity index (χ1n) is 4.89. The summed E-state index contributed by atoms with van der Waals surface area (Å²) in [5, 5.41) is 0. The van der Waals surface area contributed by atoms with E-state index in [1.54, 1.807) is 0 Å². The van der Waals surface area contributed by atoms with E-state index in [0.717, 1.165) is 0 Å². The van der Waals surface area contributed by atoms with Crippen molar-refractivity contribution in [2.75, 3.05) is 0 Å². The highest BCUT2D eigenvalue weighted by Crippen LogP contribution is 2.36. The van der Waals surface area contributed by atoms with Gasteiger partial charge < -0.3 is 4.57 Å². The lowest BCUT2D eigenvalue weighted by Crippen LogP contribution is -2.17. The number of hydrogen-bond donors (Lipinski definition) is 0. The first kappa shape index (κ1) is 9.25. The van der Waals surface area contributed by atoms with Crippen LogP contribution in [0.15, 0.2) is 12.5 Å². The highest BCUT2D eigenvalue weighted by atomic mass is 79.9. The molecule has 0 aromatic carbocycles. The van der Waals surface area contributed by atoms with E-state index in [1.165, 1.54) is 31.4 Å². The van der Waals surface area contributed by atoms with Crippen LogP contribution >= 0.6 is 15.9 Å².